The molecule has 7 nitrogen and oxygen atoms in total. The van der Waals surface area contributed by atoms with Crippen molar-refractivity contribution in [3.63, 3.8) is 0 Å². The molecule has 0 aliphatic heterocycles. The van der Waals surface area contributed by atoms with Gasteiger partial charge < -0.3 is 14.5 Å². The van der Waals surface area contributed by atoms with Crippen LogP contribution in [0.1, 0.15) is 10.6 Å². The maximum atomic E-state index is 12.0. The Morgan fingerprint density at radius 3 is 2.59 bits per heavy atom. The average molecular weight is 345 g/mol. The number of hydrogen-bond acceptors (Lipinski definition) is 5. The third-order valence-electron chi connectivity index (χ3n) is 2.75. The highest BCUT2D eigenvalue weighted by atomic mass is 35.5. The molecule has 1 aromatic carbocycles. The summed E-state index contributed by atoms with van der Waals surface area (Å²) in [4.78, 5) is 12.0. The number of nitrogens with one attached hydrogen (secondary N) is 2. The topological polar surface area (TPSA) is 97.6 Å². The zero-order valence-electron chi connectivity index (χ0n) is 11.7. The zero-order chi connectivity index (χ0) is 16.3. The summed E-state index contributed by atoms with van der Waals surface area (Å²) in [6, 6.07) is 7.16. The van der Waals surface area contributed by atoms with Gasteiger partial charge in [0, 0.05) is 5.69 Å². The summed E-state index contributed by atoms with van der Waals surface area (Å²) >= 11 is 5.95. The highest BCUT2D eigenvalue weighted by molar-refractivity contribution is 7.89. The smallest absolute Gasteiger partial charge is 0.291 e. The lowest BCUT2D eigenvalue weighted by molar-refractivity contribution is 0.0991. The molecule has 0 fully saturated rings. The van der Waals surface area contributed by atoms with Crippen LogP contribution in [0.5, 0.6) is 5.75 Å². The van der Waals surface area contributed by atoms with Gasteiger partial charge in [0.2, 0.25) is 5.09 Å². The monoisotopic (exact) mass is 344 g/mol. The second kappa shape index (κ2) is 6.39. The standard InChI is InChI=1S/C13H13ClN2O5S/c1-15-22(18,19)12-6-5-11(21-12)13(17)16-8-3-4-10(20-2)9(14)7-8/h3-7,15H,1-2H3,(H,16,17). The molecule has 0 aliphatic rings. The summed E-state index contributed by atoms with van der Waals surface area (Å²) in [5.74, 6) is -0.264. The number of benzene rings is 1. The fraction of sp³-hybridized carbons (Fsp3) is 0.154. The second-order valence-corrected chi connectivity index (χ2v) is 6.35. The molecule has 0 aliphatic carbocycles. The van der Waals surface area contributed by atoms with Gasteiger partial charge in [-0.3, -0.25) is 4.79 Å². The predicted octanol–water partition coefficient (Wildman–Crippen LogP) is 2.10. The SMILES string of the molecule is CNS(=O)(=O)c1ccc(C(=O)Nc2ccc(OC)c(Cl)c2)o1. The van der Waals surface area contributed by atoms with Crippen LogP contribution >= 0.6 is 11.6 Å². The number of furan rings is 1. The fourth-order valence-corrected chi connectivity index (χ4v) is 2.53. The lowest BCUT2D eigenvalue weighted by Crippen LogP contribution is -2.18. The molecule has 2 rings (SSSR count). The van der Waals surface area contributed by atoms with Gasteiger partial charge >= 0.3 is 0 Å². The van der Waals surface area contributed by atoms with E-state index in [9.17, 15) is 13.2 Å². The average Bonchev–Trinajstić information content (AvgIpc) is 2.98. The van der Waals surface area contributed by atoms with Crippen molar-refractivity contribution in [3.05, 3.63) is 41.1 Å². The molecule has 0 radical (unpaired) electrons. The van der Waals surface area contributed by atoms with E-state index in [-0.39, 0.29) is 10.9 Å². The van der Waals surface area contributed by atoms with Crippen LogP contribution in [0.4, 0.5) is 5.69 Å². The molecular formula is C13H13ClN2O5S. The summed E-state index contributed by atoms with van der Waals surface area (Å²) in [7, 11) is -1.01. The molecule has 0 unspecified atom stereocenters. The Kier molecular flexibility index (Phi) is 4.74. The van der Waals surface area contributed by atoms with Gasteiger partial charge in [-0.05, 0) is 37.4 Å². The molecule has 2 N–H and O–H groups in total. The number of carbonyl (C=O) groups is 1. The molecule has 9 heteroatoms. The molecule has 0 saturated carbocycles. The van der Waals surface area contributed by atoms with E-state index < -0.39 is 15.9 Å². The zero-order valence-corrected chi connectivity index (χ0v) is 13.3. The van der Waals surface area contributed by atoms with E-state index in [0.29, 0.717) is 16.5 Å². The number of ether oxygens (including phenoxy) is 1. The second-order valence-electron chi connectivity index (χ2n) is 4.13. The number of hydrogen-bond donors (Lipinski definition) is 2. The Hall–Kier alpha value is -2.03. The summed E-state index contributed by atoms with van der Waals surface area (Å²) < 4.78 is 35.2. The van der Waals surface area contributed by atoms with Crippen LogP contribution in [0, 0.1) is 0 Å². The fourth-order valence-electron chi connectivity index (χ4n) is 1.62. The lowest BCUT2D eigenvalue weighted by Gasteiger charge is -2.06. The van der Waals surface area contributed by atoms with Crippen LogP contribution in [0.15, 0.2) is 39.8 Å². The Labute approximate surface area is 132 Å². The number of rotatable bonds is 5. The Balaban J connectivity index is 2.18. The minimum atomic E-state index is -3.73. The van der Waals surface area contributed by atoms with Crippen LogP contribution in [-0.4, -0.2) is 28.5 Å². The van der Waals surface area contributed by atoms with E-state index in [2.05, 4.69) is 10.0 Å². The number of methoxy groups -OCH3 is 1. The normalized spacial score (nSPS) is 11.2. The highest BCUT2D eigenvalue weighted by Gasteiger charge is 2.19. The molecular weight excluding hydrogens is 332 g/mol. The minimum absolute atomic E-state index is 0.138. The van der Waals surface area contributed by atoms with Gasteiger partial charge in [0.1, 0.15) is 5.75 Å². The van der Waals surface area contributed by atoms with Crippen molar-refractivity contribution in [3.8, 4) is 5.75 Å². The van der Waals surface area contributed by atoms with Crippen molar-refractivity contribution in [2.24, 2.45) is 0 Å². The molecule has 0 bridgehead atoms. The molecule has 1 heterocycles. The van der Waals surface area contributed by atoms with Gasteiger partial charge in [-0.2, -0.15) is 0 Å². The summed E-state index contributed by atoms with van der Waals surface area (Å²) in [5.41, 5.74) is 0.422. The van der Waals surface area contributed by atoms with Crippen molar-refractivity contribution in [1.82, 2.24) is 4.72 Å². The molecule has 1 amide bonds. The Bertz CT molecular complexity index is 801. The summed E-state index contributed by atoms with van der Waals surface area (Å²) in [6.07, 6.45) is 0. The first-order chi connectivity index (χ1) is 10.4. The van der Waals surface area contributed by atoms with E-state index in [0.717, 1.165) is 0 Å². The third-order valence-corrected chi connectivity index (χ3v) is 4.33. The molecule has 0 saturated heterocycles. The molecule has 0 atom stereocenters. The Morgan fingerprint density at radius 1 is 1.27 bits per heavy atom. The lowest BCUT2D eigenvalue weighted by atomic mass is 10.3. The van der Waals surface area contributed by atoms with E-state index in [1.807, 2.05) is 0 Å². The van der Waals surface area contributed by atoms with Gasteiger partial charge in [-0.1, -0.05) is 11.6 Å². The molecule has 1 aromatic heterocycles. The largest absolute Gasteiger partial charge is 0.495 e. The molecule has 0 spiro atoms. The maximum Gasteiger partial charge on any atom is 0.291 e. The van der Waals surface area contributed by atoms with E-state index >= 15 is 0 Å². The van der Waals surface area contributed by atoms with Crippen LogP contribution in [0.2, 0.25) is 5.02 Å². The van der Waals surface area contributed by atoms with Gasteiger partial charge in [0.25, 0.3) is 15.9 Å². The third kappa shape index (κ3) is 3.41. The van der Waals surface area contributed by atoms with E-state index in [4.69, 9.17) is 20.8 Å². The minimum Gasteiger partial charge on any atom is -0.495 e. The van der Waals surface area contributed by atoms with Crippen molar-refractivity contribution in [2.45, 2.75) is 5.09 Å². The number of halogens is 1. The van der Waals surface area contributed by atoms with Gasteiger partial charge in [0.15, 0.2) is 5.76 Å². The van der Waals surface area contributed by atoms with Crippen LogP contribution in [0.25, 0.3) is 0 Å². The van der Waals surface area contributed by atoms with E-state index in [1.54, 1.807) is 12.1 Å². The van der Waals surface area contributed by atoms with Crippen molar-refractivity contribution < 1.29 is 22.4 Å². The van der Waals surface area contributed by atoms with Gasteiger partial charge in [-0.25, -0.2) is 13.1 Å². The first kappa shape index (κ1) is 16.3. The van der Waals surface area contributed by atoms with Gasteiger partial charge in [-0.15, -0.1) is 0 Å². The predicted molar refractivity (Wildman–Crippen MR) is 80.9 cm³/mol. The molecule has 22 heavy (non-hydrogen) atoms. The first-order valence-corrected chi connectivity index (χ1v) is 7.92. The number of sulfonamides is 1. The molecule has 2 aromatic rings. The number of anilines is 1. The Morgan fingerprint density at radius 2 is 2.00 bits per heavy atom. The maximum absolute atomic E-state index is 12.0. The van der Waals surface area contributed by atoms with Crippen LogP contribution < -0.4 is 14.8 Å². The summed E-state index contributed by atoms with van der Waals surface area (Å²) in [6.45, 7) is 0. The van der Waals surface area contributed by atoms with Crippen molar-refractivity contribution in [1.29, 1.82) is 0 Å². The van der Waals surface area contributed by atoms with Crippen molar-refractivity contribution >= 4 is 33.2 Å². The summed E-state index contributed by atoms with van der Waals surface area (Å²) in [5, 5.41) is 2.54. The molecule has 118 valence electrons. The first-order valence-electron chi connectivity index (χ1n) is 6.05. The van der Waals surface area contributed by atoms with E-state index in [1.165, 1.54) is 32.4 Å². The van der Waals surface area contributed by atoms with Crippen molar-refractivity contribution in [2.75, 3.05) is 19.5 Å². The highest BCUT2D eigenvalue weighted by Crippen LogP contribution is 2.27. The van der Waals surface area contributed by atoms with Crippen LogP contribution in [-0.2, 0) is 10.0 Å². The number of carbonyl (C=O) groups excluding carboxylic acids is 1. The number of amides is 1. The van der Waals surface area contributed by atoms with Gasteiger partial charge in [0.05, 0.1) is 12.1 Å². The quantitative estimate of drug-likeness (QED) is 0.865. The van der Waals surface area contributed by atoms with Crippen LogP contribution in [0.3, 0.4) is 0 Å².